The molecule has 3 aliphatic rings. The van der Waals surface area contributed by atoms with Crippen LogP contribution in [0.5, 0.6) is 0 Å². The molecule has 3 atom stereocenters. The highest BCUT2D eigenvalue weighted by atomic mass is 31.1. The summed E-state index contributed by atoms with van der Waals surface area (Å²) in [6, 6.07) is 9.87. The van der Waals surface area contributed by atoms with Crippen LogP contribution >= 0.6 is 8.00 Å². The van der Waals surface area contributed by atoms with Crippen molar-refractivity contribution in [1.82, 2.24) is 25.1 Å². The van der Waals surface area contributed by atoms with Gasteiger partial charge in [-0.05, 0) is 37.8 Å². The van der Waals surface area contributed by atoms with Crippen LogP contribution in [-0.4, -0.2) is 127 Å². The molecule has 0 radical (unpaired) electrons. The molecule has 2 saturated heterocycles. The lowest BCUT2D eigenvalue weighted by molar-refractivity contribution is -0.253. The third-order valence-electron chi connectivity index (χ3n) is 9.78. The van der Waals surface area contributed by atoms with Crippen molar-refractivity contribution in [1.29, 1.82) is 0 Å². The molecule has 0 bridgehead atoms. The molecule has 3 amide bonds. The quantitative estimate of drug-likeness (QED) is 0.137. The minimum atomic E-state index is -2.60. The van der Waals surface area contributed by atoms with E-state index in [1.54, 1.807) is 57.1 Å². The summed E-state index contributed by atoms with van der Waals surface area (Å²) in [7, 11) is -0.940. The highest BCUT2D eigenvalue weighted by Crippen LogP contribution is 2.28. The first kappa shape index (κ1) is 44.9. The van der Waals surface area contributed by atoms with Gasteiger partial charge >= 0.3 is 24.5 Å². The number of piperazine rings is 1. The molecule has 318 valence electrons. The smallest absolute Gasteiger partial charge is 0.409 e. The molecule has 2 aliphatic heterocycles. The lowest BCUT2D eigenvalue weighted by atomic mass is 9.98. The van der Waals surface area contributed by atoms with Crippen LogP contribution in [0.2, 0.25) is 0 Å². The van der Waals surface area contributed by atoms with Crippen LogP contribution < -0.4 is 15.1 Å². The van der Waals surface area contributed by atoms with Crippen molar-refractivity contribution in [3.8, 4) is 11.4 Å². The van der Waals surface area contributed by atoms with Gasteiger partial charge in [0.05, 0.1) is 12.7 Å². The Morgan fingerprint density at radius 3 is 2.19 bits per heavy atom. The second kappa shape index (κ2) is 22.2. The molecular formula is C41H53N6O11P. The van der Waals surface area contributed by atoms with Crippen molar-refractivity contribution in [2.45, 2.75) is 84.3 Å². The van der Waals surface area contributed by atoms with Gasteiger partial charge in [0.15, 0.2) is 11.1 Å². The molecule has 2 fully saturated rings. The van der Waals surface area contributed by atoms with Gasteiger partial charge in [-0.1, -0.05) is 60.9 Å². The lowest BCUT2D eigenvalue weighted by Crippen LogP contribution is -2.56. The molecule has 2 aromatic rings. The first-order valence-electron chi connectivity index (χ1n) is 20.0. The fourth-order valence-electron chi connectivity index (χ4n) is 6.59. The molecule has 1 aliphatic carbocycles. The van der Waals surface area contributed by atoms with Gasteiger partial charge in [-0.25, -0.2) is 14.8 Å². The summed E-state index contributed by atoms with van der Waals surface area (Å²) in [4.78, 5) is 93.1. The Hall–Kier alpha value is -5.22. The standard InChI is InChI=1S/C41H53N6O11P/c1-5-11-35(48)56-41(57-36(49)12-6-2)58-59(53)31-17-15-28(16-18-31)25-33(39(51)45-21-23-46(24-22-45)40(52)55-7-3)43-38(50)32-26-34(47-20-19-30(27-47)54-4)44-37(42-32)29-13-9-8-10-14-29/h8-10,13-17,26,30,33,41H,5-7,11-12,18-25,27H2,1-4H3,(H,43,50)/t30-,33-/m0/s1. The Balaban J connectivity index is 1.37. The van der Waals surface area contributed by atoms with Gasteiger partial charge in [0.25, 0.3) is 5.91 Å². The number of amides is 3. The Bertz CT molecular complexity index is 1880. The average molecular weight is 837 g/mol. The van der Waals surface area contributed by atoms with Crippen LogP contribution in [0.1, 0.15) is 76.2 Å². The van der Waals surface area contributed by atoms with E-state index in [0.29, 0.717) is 48.4 Å². The van der Waals surface area contributed by atoms with Crippen LogP contribution in [0.15, 0.2) is 60.2 Å². The van der Waals surface area contributed by atoms with Gasteiger partial charge in [0.2, 0.25) is 13.9 Å². The number of ether oxygens (including phenoxy) is 4. The summed E-state index contributed by atoms with van der Waals surface area (Å²) in [5.74, 6) is -1.36. The van der Waals surface area contributed by atoms with Crippen LogP contribution in [0.3, 0.4) is 0 Å². The van der Waals surface area contributed by atoms with E-state index in [2.05, 4.69) is 10.3 Å². The zero-order valence-corrected chi connectivity index (χ0v) is 34.9. The van der Waals surface area contributed by atoms with E-state index in [-0.39, 0.29) is 76.2 Å². The Morgan fingerprint density at radius 2 is 1.59 bits per heavy atom. The fraction of sp³-hybridized carbons (Fsp3) is 0.512. The molecule has 0 spiro atoms. The van der Waals surface area contributed by atoms with Gasteiger partial charge in [-0.2, -0.15) is 0 Å². The first-order valence-corrected chi connectivity index (χ1v) is 21.2. The summed E-state index contributed by atoms with van der Waals surface area (Å²) in [6.45, 7) is 5.98. The van der Waals surface area contributed by atoms with Crippen molar-refractivity contribution >= 4 is 49.0 Å². The number of rotatable bonds is 17. The largest absolute Gasteiger partial charge is 0.602 e. The van der Waals surface area contributed by atoms with Crippen LogP contribution in [0, 0.1) is 0 Å². The van der Waals surface area contributed by atoms with Crippen molar-refractivity contribution in [2.75, 3.05) is 57.9 Å². The minimum Gasteiger partial charge on any atom is -0.602 e. The van der Waals surface area contributed by atoms with Gasteiger partial charge in [0, 0.05) is 83.7 Å². The molecule has 3 heterocycles. The van der Waals surface area contributed by atoms with E-state index in [1.165, 1.54) is 4.90 Å². The van der Waals surface area contributed by atoms with Crippen LogP contribution in [-0.2, 0) is 37.9 Å². The number of anilines is 1. The molecule has 1 N–H and O–H groups in total. The maximum absolute atomic E-state index is 14.3. The number of nitrogens with one attached hydrogen (secondary N) is 1. The van der Waals surface area contributed by atoms with E-state index in [0.717, 1.165) is 12.0 Å². The molecule has 1 aromatic carbocycles. The number of methoxy groups -OCH3 is 1. The third-order valence-corrected chi connectivity index (χ3v) is 10.9. The van der Waals surface area contributed by atoms with E-state index in [9.17, 15) is 28.9 Å². The van der Waals surface area contributed by atoms with E-state index >= 15 is 0 Å². The Kier molecular flexibility index (Phi) is 16.9. The van der Waals surface area contributed by atoms with Gasteiger partial charge in [-0.15, -0.1) is 0 Å². The van der Waals surface area contributed by atoms with Crippen molar-refractivity contribution in [3.05, 3.63) is 65.9 Å². The van der Waals surface area contributed by atoms with Crippen LogP contribution in [0.4, 0.5) is 10.6 Å². The zero-order valence-electron chi connectivity index (χ0n) is 34.0. The van der Waals surface area contributed by atoms with Gasteiger partial charge in [-0.3, -0.25) is 19.2 Å². The maximum Gasteiger partial charge on any atom is 0.409 e. The monoisotopic (exact) mass is 836 g/mol. The number of carbonyl (C=O) groups excluding carboxylic acids is 5. The van der Waals surface area contributed by atoms with Crippen molar-refractivity contribution < 1.29 is 52.3 Å². The van der Waals surface area contributed by atoms with E-state index in [1.807, 2.05) is 35.2 Å². The number of hydrogen-bond donors (Lipinski definition) is 1. The summed E-state index contributed by atoms with van der Waals surface area (Å²) < 4.78 is 26.4. The van der Waals surface area contributed by atoms with Gasteiger partial charge < -0.3 is 43.9 Å². The molecule has 1 unspecified atom stereocenters. The number of esters is 2. The maximum atomic E-state index is 14.3. The number of carbonyl (C=O) groups is 5. The van der Waals surface area contributed by atoms with Crippen molar-refractivity contribution in [3.63, 3.8) is 0 Å². The zero-order chi connectivity index (χ0) is 42.3. The normalized spacial score (nSPS) is 18.0. The lowest BCUT2D eigenvalue weighted by Gasteiger charge is -2.36. The molecule has 5 rings (SSSR count). The summed E-state index contributed by atoms with van der Waals surface area (Å²) in [6.07, 6.45) is 6.66. The molecule has 17 nitrogen and oxygen atoms in total. The predicted octanol–water partition coefficient (Wildman–Crippen LogP) is 3.88. The van der Waals surface area contributed by atoms with E-state index < -0.39 is 44.5 Å². The molecule has 18 heteroatoms. The highest BCUT2D eigenvalue weighted by molar-refractivity contribution is 7.47. The Morgan fingerprint density at radius 1 is 0.915 bits per heavy atom. The summed E-state index contributed by atoms with van der Waals surface area (Å²) >= 11 is 0. The number of allylic oxidation sites excluding steroid dienone is 3. The SMILES string of the molecule is CCCC(=O)OC(OC(=O)CCC)O/[P+]([O-])=C1\C=CC(C[C@H](NC(=O)c2cc(N3CC[C@H](OC)C3)nc(-c3ccccc3)n2)C(=O)N2CCN(C(=O)OCC)CC2)=CC1. The second-order valence-corrected chi connectivity index (χ2v) is 15.4. The predicted molar refractivity (Wildman–Crippen MR) is 217 cm³/mol. The minimum absolute atomic E-state index is 0.0149. The summed E-state index contributed by atoms with van der Waals surface area (Å²) in [5, 5.41) is 3.26. The third kappa shape index (κ3) is 12.9. The second-order valence-electron chi connectivity index (χ2n) is 14.1. The average Bonchev–Trinajstić information content (AvgIpc) is 3.73. The Labute approximate surface area is 345 Å². The molecular weight excluding hydrogens is 783 g/mol. The molecule has 1 aromatic heterocycles. The molecule has 59 heavy (non-hydrogen) atoms. The number of hydrogen-bond acceptors (Lipinski definition) is 14. The topological polar surface area (TPSA) is 202 Å². The molecule has 0 saturated carbocycles. The van der Waals surface area contributed by atoms with Crippen molar-refractivity contribution in [2.24, 2.45) is 0 Å². The number of nitrogens with zero attached hydrogens (tertiary/aromatic N) is 5. The number of benzene rings is 1. The number of aromatic nitrogens is 2. The first-order chi connectivity index (χ1) is 28.5. The van der Waals surface area contributed by atoms with Gasteiger partial charge in [0.1, 0.15) is 17.6 Å². The summed E-state index contributed by atoms with van der Waals surface area (Å²) in [5.41, 5.74) is 1.46. The van der Waals surface area contributed by atoms with Crippen LogP contribution in [0.25, 0.3) is 11.4 Å². The van der Waals surface area contributed by atoms with E-state index in [4.69, 9.17) is 28.5 Å². The fourth-order valence-corrected chi connectivity index (χ4v) is 7.40. The highest BCUT2D eigenvalue weighted by Gasteiger charge is 2.33.